The highest BCUT2D eigenvalue weighted by molar-refractivity contribution is 7.13. The average molecular weight is 288 g/mol. The van der Waals surface area contributed by atoms with E-state index in [1.165, 1.54) is 11.3 Å². The fourth-order valence-electron chi connectivity index (χ4n) is 1.35. The van der Waals surface area contributed by atoms with Crippen LogP contribution >= 0.6 is 11.3 Å². The number of hydrogen-bond donors (Lipinski definition) is 2. The van der Waals surface area contributed by atoms with Crippen LogP contribution in [0.4, 0.5) is 5.13 Å². The summed E-state index contributed by atoms with van der Waals surface area (Å²) in [5.41, 5.74) is 0.825. The van der Waals surface area contributed by atoms with Gasteiger partial charge in [-0.2, -0.15) is 0 Å². The Bertz CT molecular complexity index is 370. The summed E-state index contributed by atoms with van der Waals surface area (Å²) in [5, 5.41) is 14.5. The van der Waals surface area contributed by atoms with Crippen molar-refractivity contribution < 1.29 is 19.4 Å². The minimum Gasteiger partial charge on any atom is -0.481 e. The summed E-state index contributed by atoms with van der Waals surface area (Å²) in [6, 6.07) is 0. The SMILES string of the molecule is COCCOCCCNc1nc(CCC(=O)O)cs1. The highest BCUT2D eigenvalue weighted by atomic mass is 32.1. The quantitative estimate of drug-likeness (QED) is 0.602. The number of hydrogen-bond acceptors (Lipinski definition) is 6. The number of nitrogens with zero attached hydrogens (tertiary/aromatic N) is 1. The molecule has 7 heteroatoms. The molecule has 2 N–H and O–H groups in total. The molecular formula is C12H20N2O4S. The maximum atomic E-state index is 10.4. The van der Waals surface area contributed by atoms with Crippen molar-refractivity contribution in [3.8, 4) is 0 Å². The lowest BCUT2D eigenvalue weighted by atomic mass is 10.2. The zero-order valence-electron chi connectivity index (χ0n) is 11.1. The number of carboxylic acid groups (broad SMARTS) is 1. The molecule has 0 fully saturated rings. The summed E-state index contributed by atoms with van der Waals surface area (Å²) in [6.07, 6.45) is 1.50. The molecule has 19 heavy (non-hydrogen) atoms. The predicted molar refractivity (Wildman–Crippen MR) is 73.9 cm³/mol. The standard InChI is InChI=1S/C12H20N2O4S/c1-17-7-8-18-6-2-5-13-12-14-10(9-19-12)3-4-11(15)16/h9H,2-8H2,1H3,(H,13,14)(H,15,16). The van der Waals surface area contributed by atoms with Crippen LogP contribution in [0.5, 0.6) is 0 Å². The second-order valence-electron chi connectivity index (χ2n) is 3.92. The van der Waals surface area contributed by atoms with Gasteiger partial charge in [-0.05, 0) is 6.42 Å². The van der Waals surface area contributed by atoms with Crippen LogP contribution in [0.1, 0.15) is 18.5 Å². The third-order valence-electron chi connectivity index (χ3n) is 2.32. The average Bonchev–Trinajstić information content (AvgIpc) is 2.83. The van der Waals surface area contributed by atoms with Gasteiger partial charge in [-0.15, -0.1) is 11.3 Å². The van der Waals surface area contributed by atoms with Crippen LogP contribution in [-0.2, 0) is 20.7 Å². The van der Waals surface area contributed by atoms with Crippen molar-refractivity contribution in [3.63, 3.8) is 0 Å². The maximum absolute atomic E-state index is 10.4. The molecule has 0 unspecified atom stereocenters. The molecule has 1 heterocycles. The van der Waals surface area contributed by atoms with Crippen molar-refractivity contribution >= 4 is 22.4 Å². The van der Waals surface area contributed by atoms with Crippen LogP contribution in [0.25, 0.3) is 0 Å². The van der Waals surface area contributed by atoms with Gasteiger partial charge in [0.15, 0.2) is 5.13 Å². The molecule has 0 bridgehead atoms. The zero-order valence-corrected chi connectivity index (χ0v) is 11.9. The molecule has 0 amide bonds. The van der Waals surface area contributed by atoms with Gasteiger partial charge in [0.05, 0.1) is 25.3 Å². The minimum absolute atomic E-state index is 0.122. The van der Waals surface area contributed by atoms with Crippen LogP contribution in [-0.4, -0.2) is 49.5 Å². The van der Waals surface area contributed by atoms with Gasteiger partial charge in [0.1, 0.15) is 0 Å². The van der Waals surface area contributed by atoms with Gasteiger partial charge >= 0.3 is 5.97 Å². The van der Waals surface area contributed by atoms with Gasteiger partial charge in [0, 0.05) is 32.1 Å². The Morgan fingerprint density at radius 3 is 3.05 bits per heavy atom. The number of aryl methyl sites for hydroxylation is 1. The Balaban J connectivity index is 2.07. The van der Waals surface area contributed by atoms with Crippen LogP contribution in [0, 0.1) is 0 Å². The van der Waals surface area contributed by atoms with E-state index in [1.54, 1.807) is 7.11 Å². The molecule has 0 aliphatic heterocycles. The molecule has 1 aromatic heterocycles. The van der Waals surface area contributed by atoms with Gasteiger partial charge in [0.2, 0.25) is 0 Å². The summed E-state index contributed by atoms with van der Waals surface area (Å²) >= 11 is 1.50. The summed E-state index contributed by atoms with van der Waals surface area (Å²) in [7, 11) is 1.65. The number of anilines is 1. The topological polar surface area (TPSA) is 80.7 Å². The lowest BCUT2D eigenvalue weighted by molar-refractivity contribution is -0.136. The Kier molecular flexibility index (Phi) is 8.11. The number of aromatic nitrogens is 1. The highest BCUT2D eigenvalue weighted by Crippen LogP contribution is 2.16. The number of aliphatic carboxylic acids is 1. The van der Waals surface area contributed by atoms with E-state index < -0.39 is 5.97 Å². The van der Waals surface area contributed by atoms with Gasteiger partial charge in [0.25, 0.3) is 0 Å². The number of methoxy groups -OCH3 is 1. The monoisotopic (exact) mass is 288 g/mol. The maximum Gasteiger partial charge on any atom is 0.303 e. The fourth-order valence-corrected chi connectivity index (χ4v) is 2.13. The fraction of sp³-hybridized carbons (Fsp3) is 0.667. The molecular weight excluding hydrogens is 268 g/mol. The van der Waals surface area contributed by atoms with Crippen molar-refractivity contribution in [2.75, 3.05) is 38.8 Å². The molecule has 0 spiro atoms. The summed E-state index contributed by atoms with van der Waals surface area (Å²) < 4.78 is 10.2. The predicted octanol–water partition coefficient (Wildman–Crippen LogP) is 1.63. The van der Waals surface area contributed by atoms with Crippen molar-refractivity contribution in [3.05, 3.63) is 11.1 Å². The number of ether oxygens (including phenoxy) is 2. The van der Waals surface area contributed by atoms with Gasteiger partial charge < -0.3 is 19.9 Å². The van der Waals surface area contributed by atoms with E-state index in [0.717, 1.165) is 23.8 Å². The summed E-state index contributed by atoms with van der Waals surface area (Å²) in [6.45, 7) is 2.71. The lowest BCUT2D eigenvalue weighted by Gasteiger charge is -2.04. The molecule has 1 aromatic rings. The molecule has 0 atom stereocenters. The first-order chi connectivity index (χ1) is 9.22. The van der Waals surface area contributed by atoms with Crippen molar-refractivity contribution in [1.29, 1.82) is 0 Å². The van der Waals surface area contributed by atoms with Crippen LogP contribution in [0.3, 0.4) is 0 Å². The van der Waals surface area contributed by atoms with Gasteiger partial charge in [-0.3, -0.25) is 4.79 Å². The van der Waals surface area contributed by atoms with E-state index in [2.05, 4.69) is 10.3 Å². The molecule has 1 rings (SSSR count). The van der Waals surface area contributed by atoms with E-state index in [9.17, 15) is 4.79 Å². The largest absolute Gasteiger partial charge is 0.481 e. The van der Waals surface area contributed by atoms with E-state index in [0.29, 0.717) is 26.2 Å². The molecule has 0 radical (unpaired) electrons. The normalized spacial score (nSPS) is 10.6. The molecule has 0 aliphatic carbocycles. The molecule has 0 aliphatic rings. The zero-order chi connectivity index (χ0) is 13.9. The Hall–Kier alpha value is -1.18. The molecule has 0 saturated carbocycles. The summed E-state index contributed by atoms with van der Waals surface area (Å²) in [4.78, 5) is 14.7. The van der Waals surface area contributed by atoms with Crippen molar-refractivity contribution in [2.24, 2.45) is 0 Å². The van der Waals surface area contributed by atoms with E-state index in [-0.39, 0.29) is 6.42 Å². The Morgan fingerprint density at radius 1 is 1.47 bits per heavy atom. The van der Waals surface area contributed by atoms with Gasteiger partial charge in [-0.1, -0.05) is 0 Å². The number of carboxylic acids is 1. The molecule has 6 nitrogen and oxygen atoms in total. The van der Waals surface area contributed by atoms with Crippen molar-refractivity contribution in [2.45, 2.75) is 19.3 Å². The number of nitrogens with one attached hydrogen (secondary N) is 1. The summed E-state index contributed by atoms with van der Waals surface area (Å²) in [5.74, 6) is -0.796. The minimum atomic E-state index is -0.796. The third kappa shape index (κ3) is 7.76. The molecule has 108 valence electrons. The second kappa shape index (κ2) is 9.71. The first-order valence-electron chi connectivity index (χ1n) is 6.19. The van der Waals surface area contributed by atoms with Crippen molar-refractivity contribution in [1.82, 2.24) is 4.98 Å². The Morgan fingerprint density at radius 2 is 2.32 bits per heavy atom. The first kappa shape index (κ1) is 15.9. The highest BCUT2D eigenvalue weighted by Gasteiger charge is 2.04. The van der Waals surface area contributed by atoms with Crippen LogP contribution in [0.2, 0.25) is 0 Å². The Labute approximate surface area is 116 Å². The first-order valence-corrected chi connectivity index (χ1v) is 7.07. The van der Waals surface area contributed by atoms with E-state index >= 15 is 0 Å². The molecule has 0 aromatic carbocycles. The number of carbonyl (C=O) groups is 1. The second-order valence-corrected chi connectivity index (χ2v) is 4.78. The number of thiazole rings is 1. The van der Waals surface area contributed by atoms with Gasteiger partial charge in [-0.25, -0.2) is 4.98 Å². The lowest BCUT2D eigenvalue weighted by Crippen LogP contribution is -2.08. The van der Waals surface area contributed by atoms with Crippen LogP contribution in [0.15, 0.2) is 5.38 Å². The number of rotatable bonds is 11. The third-order valence-corrected chi connectivity index (χ3v) is 3.17. The smallest absolute Gasteiger partial charge is 0.303 e. The van der Waals surface area contributed by atoms with E-state index in [1.807, 2.05) is 5.38 Å². The molecule has 0 saturated heterocycles. The van der Waals surface area contributed by atoms with Crippen LogP contribution < -0.4 is 5.32 Å². The van der Waals surface area contributed by atoms with E-state index in [4.69, 9.17) is 14.6 Å².